The number of benzene rings is 1. The minimum absolute atomic E-state index is 0.247. The Morgan fingerprint density at radius 3 is 2.53 bits per heavy atom. The predicted octanol–water partition coefficient (Wildman–Crippen LogP) is 4.30. The van der Waals surface area contributed by atoms with Crippen LogP contribution < -0.4 is 10.6 Å². The fourth-order valence-electron chi connectivity index (χ4n) is 1.14. The van der Waals surface area contributed by atoms with Crippen LogP contribution in [0.25, 0.3) is 0 Å². The van der Waals surface area contributed by atoms with Gasteiger partial charge in [0.1, 0.15) is 0 Å². The average molecular weight is 275 g/mol. The molecule has 1 aromatic carbocycles. The van der Waals surface area contributed by atoms with E-state index in [1.165, 1.54) is 0 Å². The van der Waals surface area contributed by atoms with Gasteiger partial charge in [-0.3, -0.25) is 0 Å². The maximum atomic E-state index is 11.7. The molecule has 5 heteroatoms. The molecule has 94 valence electrons. The van der Waals surface area contributed by atoms with Crippen LogP contribution in [0.3, 0.4) is 0 Å². The zero-order chi connectivity index (χ0) is 13.1. The summed E-state index contributed by atoms with van der Waals surface area (Å²) in [6, 6.07) is 4.65. The summed E-state index contributed by atoms with van der Waals surface area (Å²) in [5.74, 6) is 0. The van der Waals surface area contributed by atoms with Gasteiger partial charge in [0.25, 0.3) is 0 Å². The molecule has 1 aromatic rings. The number of urea groups is 1. The zero-order valence-corrected chi connectivity index (χ0v) is 11.6. The molecule has 0 spiro atoms. The Bertz CT molecular complexity index is 419. The highest BCUT2D eigenvalue weighted by atomic mass is 35.5. The molecule has 0 atom stereocenters. The molecule has 0 unspecified atom stereocenters. The van der Waals surface area contributed by atoms with Crippen molar-refractivity contribution in [2.45, 2.75) is 32.7 Å². The van der Waals surface area contributed by atoms with E-state index in [1.54, 1.807) is 18.2 Å². The van der Waals surface area contributed by atoms with Gasteiger partial charge in [-0.2, -0.15) is 0 Å². The number of hydrogen-bond acceptors (Lipinski definition) is 1. The van der Waals surface area contributed by atoms with Crippen molar-refractivity contribution in [2.75, 3.05) is 5.32 Å². The van der Waals surface area contributed by atoms with Crippen LogP contribution in [-0.2, 0) is 0 Å². The molecule has 3 nitrogen and oxygen atoms in total. The third kappa shape index (κ3) is 4.44. The maximum absolute atomic E-state index is 11.7. The van der Waals surface area contributed by atoms with Gasteiger partial charge >= 0.3 is 6.03 Å². The van der Waals surface area contributed by atoms with Crippen LogP contribution in [0.2, 0.25) is 10.0 Å². The second-order valence-electron chi connectivity index (χ2n) is 4.44. The highest BCUT2D eigenvalue weighted by Crippen LogP contribution is 2.25. The molecule has 1 rings (SSSR count). The minimum atomic E-state index is -0.277. The van der Waals surface area contributed by atoms with Gasteiger partial charge in [-0.15, -0.1) is 0 Å². The van der Waals surface area contributed by atoms with Crippen molar-refractivity contribution in [3.05, 3.63) is 28.2 Å². The normalized spacial score (nSPS) is 11.1. The van der Waals surface area contributed by atoms with E-state index in [0.29, 0.717) is 15.7 Å². The number of nitrogens with one attached hydrogen (secondary N) is 2. The van der Waals surface area contributed by atoms with Crippen molar-refractivity contribution in [3.8, 4) is 0 Å². The Balaban J connectivity index is 2.69. The van der Waals surface area contributed by atoms with Gasteiger partial charge < -0.3 is 10.6 Å². The number of hydrogen-bond donors (Lipinski definition) is 2. The largest absolute Gasteiger partial charge is 0.333 e. The predicted molar refractivity (Wildman–Crippen MR) is 73.0 cm³/mol. The summed E-state index contributed by atoms with van der Waals surface area (Å²) in [6.07, 6.45) is 0.842. The first-order valence-electron chi connectivity index (χ1n) is 5.38. The molecule has 0 radical (unpaired) electrons. The second-order valence-corrected chi connectivity index (χ2v) is 5.28. The van der Waals surface area contributed by atoms with Gasteiger partial charge in [-0.25, -0.2) is 4.79 Å². The fourth-order valence-corrected chi connectivity index (χ4v) is 1.60. The first-order chi connectivity index (χ1) is 7.84. The lowest BCUT2D eigenvalue weighted by molar-refractivity contribution is 0.240. The fraction of sp³-hybridized carbons (Fsp3) is 0.417. The topological polar surface area (TPSA) is 41.1 Å². The number of anilines is 1. The molecular formula is C12H16Cl2N2O. The summed E-state index contributed by atoms with van der Waals surface area (Å²) in [5, 5.41) is 6.50. The molecule has 0 aliphatic carbocycles. The number of rotatable bonds is 3. The summed E-state index contributed by atoms with van der Waals surface area (Å²) in [5.41, 5.74) is 0.295. The molecular weight excluding hydrogens is 259 g/mol. The summed E-state index contributed by atoms with van der Waals surface area (Å²) in [7, 11) is 0. The molecule has 2 amide bonds. The summed E-state index contributed by atoms with van der Waals surface area (Å²) in [6.45, 7) is 5.92. The van der Waals surface area contributed by atoms with Gasteiger partial charge in [0, 0.05) is 10.6 Å². The van der Waals surface area contributed by atoms with Crippen LogP contribution in [0, 0.1) is 0 Å². The van der Waals surface area contributed by atoms with Crippen molar-refractivity contribution in [1.29, 1.82) is 0 Å². The lowest BCUT2D eigenvalue weighted by atomic mass is 10.0. The summed E-state index contributed by atoms with van der Waals surface area (Å²) in [4.78, 5) is 11.7. The van der Waals surface area contributed by atoms with Gasteiger partial charge in [0.15, 0.2) is 0 Å². The number of amides is 2. The van der Waals surface area contributed by atoms with Gasteiger partial charge in [0.05, 0.1) is 10.7 Å². The highest BCUT2D eigenvalue weighted by Gasteiger charge is 2.18. The summed E-state index contributed by atoms with van der Waals surface area (Å²) < 4.78 is 0. The van der Waals surface area contributed by atoms with E-state index in [2.05, 4.69) is 10.6 Å². The van der Waals surface area contributed by atoms with Gasteiger partial charge in [-0.1, -0.05) is 30.1 Å². The third-order valence-electron chi connectivity index (χ3n) is 2.52. The summed E-state index contributed by atoms with van der Waals surface area (Å²) >= 11 is 11.7. The number of carbonyl (C=O) groups is 1. The first kappa shape index (κ1) is 14.1. The minimum Gasteiger partial charge on any atom is -0.333 e. The Morgan fingerprint density at radius 1 is 1.35 bits per heavy atom. The molecule has 17 heavy (non-hydrogen) atoms. The zero-order valence-electron chi connectivity index (χ0n) is 10.1. The third-order valence-corrected chi connectivity index (χ3v) is 3.06. The molecule has 0 saturated heterocycles. The van der Waals surface area contributed by atoms with E-state index in [9.17, 15) is 4.79 Å². The van der Waals surface area contributed by atoms with E-state index in [0.717, 1.165) is 6.42 Å². The lowest BCUT2D eigenvalue weighted by Gasteiger charge is -2.24. The van der Waals surface area contributed by atoms with E-state index in [4.69, 9.17) is 23.2 Å². The monoisotopic (exact) mass is 274 g/mol. The smallest absolute Gasteiger partial charge is 0.319 e. The molecule has 0 aromatic heterocycles. The first-order valence-corrected chi connectivity index (χ1v) is 6.14. The Morgan fingerprint density at radius 2 is 2.00 bits per heavy atom. The van der Waals surface area contributed by atoms with Crippen LogP contribution in [-0.4, -0.2) is 11.6 Å². The number of halogens is 2. The molecule has 0 aliphatic rings. The van der Waals surface area contributed by atoms with Crippen molar-refractivity contribution >= 4 is 34.9 Å². The van der Waals surface area contributed by atoms with Crippen molar-refractivity contribution in [3.63, 3.8) is 0 Å². The molecule has 0 fully saturated rings. The van der Waals surface area contributed by atoms with Crippen LogP contribution in [0.4, 0.5) is 10.5 Å². The van der Waals surface area contributed by atoms with Crippen LogP contribution in [0.1, 0.15) is 27.2 Å². The van der Waals surface area contributed by atoms with E-state index in [-0.39, 0.29) is 11.6 Å². The van der Waals surface area contributed by atoms with E-state index >= 15 is 0 Å². The van der Waals surface area contributed by atoms with Gasteiger partial charge in [-0.05, 0) is 38.5 Å². The maximum Gasteiger partial charge on any atom is 0.319 e. The van der Waals surface area contributed by atoms with E-state index in [1.807, 2.05) is 20.8 Å². The lowest BCUT2D eigenvalue weighted by Crippen LogP contribution is -2.45. The Hall–Kier alpha value is -0.930. The molecule has 0 heterocycles. The average Bonchev–Trinajstić information content (AvgIpc) is 2.21. The van der Waals surface area contributed by atoms with E-state index < -0.39 is 0 Å². The highest BCUT2D eigenvalue weighted by molar-refractivity contribution is 6.36. The molecule has 0 bridgehead atoms. The van der Waals surface area contributed by atoms with Crippen molar-refractivity contribution in [2.24, 2.45) is 0 Å². The van der Waals surface area contributed by atoms with Crippen LogP contribution in [0.15, 0.2) is 18.2 Å². The van der Waals surface area contributed by atoms with Gasteiger partial charge in [0.2, 0.25) is 0 Å². The van der Waals surface area contributed by atoms with Crippen LogP contribution in [0.5, 0.6) is 0 Å². The SMILES string of the molecule is CCC(C)(C)NC(=O)Nc1ccc(Cl)cc1Cl. The standard InChI is InChI=1S/C12H16Cl2N2O/c1-4-12(2,3)16-11(17)15-10-6-5-8(13)7-9(10)14/h5-7H,4H2,1-3H3,(H2,15,16,17). The Kier molecular flexibility index (Phi) is 4.66. The van der Waals surface area contributed by atoms with Crippen molar-refractivity contribution < 1.29 is 4.79 Å². The quantitative estimate of drug-likeness (QED) is 0.848. The van der Waals surface area contributed by atoms with Crippen LogP contribution >= 0.6 is 23.2 Å². The van der Waals surface area contributed by atoms with Crippen molar-refractivity contribution in [1.82, 2.24) is 5.32 Å². The number of carbonyl (C=O) groups excluding carboxylic acids is 1. The molecule has 0 aliphatic heterocycles. The molecule has 0 saturated carbocycles. The Labute approximate surface area is 111 Å². The second kappa shape index (κ2) is 5.61. The molecule has 2 N–H and O–H groups in total.